The maximum Gasteiger partial charge on any atom is 0.348 e. The van der Waals surface area contributed by atoms with Gasteiger partial charge in [0.05, 0.1) is 12.8 Å². The van der Waals surface area contributed by atoms with Crippen molar-refractivity contribution in [2.45, 2.75) is 0 Å². The van der Waals surface area contributed by atoms with Crippen LogP contribution in [-0.2, 0) is 0 Å². The number of carbonyl (C=O) groups is 2. The molecule has 0 unspecified atom stereocenters. The van der Waals surface area contributed by atoms with E-state index in [1.165, 1.54) is 7.11 Å². The molecule has 6 nitrogen and oxygen atoms in total. The van der Waals surface area contributed by atoms with Gasteiger partial charge in [0.25, 0.3) is 0 Å². The van der Waals surface area contributed by atoms with Crippen molar-refractivity contribution in [1.82, 2.24) is 0 Å². The summed E-state index contributed by atoms with van der Waals surface area (Å²) < 4.78 is 5.05. The fourth-order valence-corrected chi connectivity index (χ4v) is 2.25. The first-order valence-electron chi connectivity index (χ1n) is 5.63. The van der Waals surface area contributed by atoms with E-state index in [-0.39, 0.29) is 10.6 Å². The van der Waals surface area contributed by atoms with Gasteiger partial charge in [0.2, 0.25) is 0 Å². The second-order valence-electron chi connectivity index (χ2n) is 3.78. The molecule has 0 fully saturated rings. The lowest BCUT2D eigenvalue weighted by Crippen LogP contribution is -2.20. The van der Waals surface area contributed by atoms with Gasteiger partial charge < -0.3 is 20.5 Å². The first kappa shape index (κ1) is 13.9. The number of methoxy groups -OCH3 is 1. The molecular formula is C13H12N2O4S. The van der Waals surface area contributed by atoms with Crippen LogP contribution in [0.3, 0.4) is 0 Å². The molecular weight excluding hydrogens is 280 g/mol. The van der Waals surface area contributed by atoms with E-state index >= 15 is 0 Å². The molecule has 20 heavy (non-hydrogen) atoms. The Morgan fingerprint density at radius 2 is 2.05 bits per heavy atom. The molecule has 2 aromatic rings. The first-order chi connectivity index (χ1) is 9.60. The predicted molar refractivity (Wildman–Crippen MR) is 76.9 cm³/mol. The average Bonchev–Trinajstić information content (AvgIpc) is 2.87. The molecule has 104 valence electrons. The molecule has 0 aliphatic rings. The zero-order chi connectivity index (χ0) is 14.5. The molecule has 0 saturated heterocycles. The molecule has 0 aliphatic heterocycles. The third kappa shape index (κ3) is 3.27. The number of amides is 2. The summed E-state index contributed by atoms with van der Waals surface area (Å²) in [5.74, 6) is -0.457. The number of aromatic carboxylic acids is 1. The Balaban J connectivity index is 2.05. The van der Waals surface area contributed by atoms with Crippen molar-refractivity contribution in [2.24, 2.45) is 0 Å². The summed E-state index contributed by atoms with van der Waals surface area (Å²) in [4.78, 5) is 22.8. The number of hydrogen-bond acceptors (Lipinski definition) is 4. The fraction of sp³-hybridized carbons (Fsp3) is 0.0769. The van der Waals surface area contributed by atoms with Gasteiger partial charge in [-0.2, -0.15) is 0 Å². The van der Waals surface area contributed by atoms with Gasteiger partial charge in [-0.3, -0.25) is 0 Å². The number of nitrogens with one attached hydrogen (secondary N) is 2. The van der Waals surface area contributed by atoms with E-state index in [2.05, 4.69) is 10.6 Å². The van der Waals surface area contributed by atoms with Crippen LogP contribution in [0.5, 0.6) is 5.75 Å². The van der Waals surface area contributed by atoms with Gasteiger partial charge in [0, 0.05) is 11.8 Å². The van der Waals surface area contributed by atoms with Crippen molar-refractivity contribution in [3.63, 3.8) is 0 Å². The zero-order valence-corrected chi connectivity index (χ0v) is 11.4. The number of anilines is 2. The second kappa shape index (κ2) is 6.07. The number of benzene rings is 1. The van der Waals surface area contributed by atoms with E-state index in [4.69, 9.17) is 9.84 Å². The summed E-state index contributed by atoms with van der Waals surface area (Å²) in [6.45, 7) is 0. The highest BCUT2D eigenvalue weighted by Gasteiger charge is 2.13. The van der Waals surface area contributed by atoms with Crippen molar-refractivity contribution >= 4 is 34.7 Å². The van der Waals surface area contributed by atoms with Crippen LogP contribution in [0.1, 0.15) is 9.67 Å². The highest BCUT2D eigenvalue weighted by molar-refractivity contribution is 7.12. The topological polar surface area (TPSA) is 87.7 Å². The van der Waals surface area contributed by atoms with E-state index < -0.39 is 12.0 Å². The van der Waals surface area contributed by atoms with Gasteiger partial charge in [-0.05, 0) is 23.6 Å². The highest BCUT2D eigenvalue weighted by atomic mass is 32.1. The Labute approximate surface area is 119 Å². The average molecular weight is 292 g/mol. The number of rotatable bonds is 4. The van der Waals surface area contributed by atoms with Crippen LogP contribution in [-0.4, -0.2) is 24.2 Å². The van der Waals surface area contributed by atoms with Crippen LogP contribution in [0, 0.1) is 0 Å². The van der Waals surface area contributed by atoms with Gasteiger partial charge in [0.15, 0.2) is 0 Å². The molecule has 2 rings (SSSR count). The van der Waals surface area contributed by atoms with E-state index in [1.807, 2.05) is 0 Å². The van der Waals surface area contributed by atoms with Crippen molar-refractivity contribution in [1.29, 1.82) is 0 Å². The molecule has 0 spiro atoms. The van der Waals surface area contributed by atoms with E-state index in [0.29, 0.717) is 11.4 Å². The SMILES string of the molecule is COc1cccc(NC(=O)Nc2ccsc2C(=O)O)c1. The number of ether oxygens (including phenoxy) is 1. The number of carboxylic acid groups (broad SMARTS) is 1. The number of carbonyl (C=O) groups excluding carboxylic acids is 1. The number of carboxylic acids is 1. The van der Waals surface area contributed by atoms with Crippen molar-refractivity contribution < 1.29 is 19.4 Å². The zero-order valence-electron chi connectivity index (χ0n) is 10.5. The number of hydrogen-bond donors (Lipinski definition) is 3. The van der Waals surface area contributed by atoms with Crippen LogP contribution in [0.15, 0.2) is 35.7 Å². The third-order valence-electron chi connectivity index (χ3n) is 2.44. The quantitative estimate of drug-likeness (QED) is 0.808. The molecule has 7 heteroatoms. The molecule has 3 N–H and O–H groups in total. The summed E-state index contributed by atoms with van der Waals surface area (Å²) in [5.41, 5.74) is 0.817. The Bertz CT molecular complexity index is 639. The Kier molecular flexibility index (Phi) is 4.21. The van der Waals surface area contributed by atoms with Crippen LogP contribution >= 0.6 is 11.3 Å². The smallest absolute Gasteiger partial charge is 0.348 e. The molecule has 1 aromatic heterocycles. The minimum absolute atomic E-state index is 0.0887. The van der Waals surface area contributed by atoms with Crippen LogP contribution < -0.4 is 15.4 Å². The minimum atomic E-state index is -1.07. The summed E-state index contributed by atoms with van der Waals surface area (Å²) in [6, 6.07) is 7.88. The van der Waals surface area contributed by atoms with Crippen LogP contribution in [0.4, 0.5) is 16.2 Å². The van der Waals surface area contributed by atoms with Gasteiger partial charge >= 0.3 is 12.0 Å². The first-order valence-corrected chi connectivity index (χ1v) is 6.51. The van der Waals surface area contributed by atoms with E-state index in [1.54, 1.807) is 35.7 Å². The molecule has 2 amide bonds. The fourth-order valence-electron chi connectivity index (χ4n) is 1.56. The van der Waals surface area contributed by atoms with Crippen LogP contribution in [0.2, 0.25) is 0 Å². The maximum atomic E-state index is 11.8. The second-order valence-corrected chi connectivity index (χ2v) is 4.70. The largest absolute Gasteiger partial charge is 0.497 e. The monoisotopic (exact) mass is 292 g/mol. The number of thiophene rings is 1. The minimum Gasteiger partial charge on any atom is -0.497 e. The van der Waals surface area contributed by atoms with E-state index in [0.717, 1.165) is 11.3 Å². The Morgan fingerprint density at radius 3 is 2.75 bits per heavy atom. The maximum absolute atomic E-state index is 11.8. The molecule has 0 saturated carbocycles. The lowest BCUT2D eigenvalue weighted by atomic mass is 10.3. The third-order valence-corrected chi connectivity index (χ3v) is 3.34. The van der Waals surface area contributed by atoms with Crippen molar-refractivity contribution in [3.05, 3.63) is 40.6 Å². The van der Waals surface area contributed by atoms with Gasteiger partial charge in [0.1, 0.15) is 10.6 Å². The Hall–Kier alpha value is -2.54. The number of urea groups is 1. The van der Waals surface area contributed by atoms with Gasteiger partial charge in [-0.1, -0.05) is 6.07 Å². The highest BCUT2D eigenvalue weighted by Crippen LogP contribution is 2.22. The molecule has 0 radical (unpaired) electrons. The predicted octanol–water partition coefficient (Wildman–Crippen LogP) is 3.10. The molecule has 0 aliphatic carbocycles. The summed E-state index contributed by atoms with van der Waals surface area (Å²) >= 11 is 1.05. The van der Waals surface area contributed by atoms with Crippen molar-refractivity contribution in [2.75, 3.05) is 17.7 Å². The lowest BCUT2D eigenvalue weighted by Gasteiger charge is -2.08. The summed E-state index contributed by atoms with van der Waals surface area (Å²) in [7, 11) is 1.53. The molecule has 0 atom stereocenters. The normalized spacial score (nSPS) is 9.85. The molecule has 0 bridgehead atoms. The summed E-state index contributed by atoms with van der Waals surface area (Å²) in [5, 5.41) is 15.6. The standard InChI is InChI=1S/C13H12N2O4S/c1-19-9-4-2-3-8(7-9)14-13(18)15-10-5-6-20-11(10)12(16)17/h2-7H,1H3,(H,16,17)(H2,14,15,18). The lowest BCUT2D eigenvalue weighted by molar-refractivity contribution is 0.0703. The Morgan fingerprint density at radius 1 is 1.25 bits per heavy atom. The van der Waals surface area contributed by atoms with Crippen LogP contribution in [0.25, 0.3) is 0 Å². The van der Waals surface area contributed by atoms with Crippen molar-refractivity contribution in [3.8, 4) is 5.75 Å². The van der Waals surface area contributed by atoms with E-state index in [9.17, 15) is 9.59 Å². The molecule has 1 heterocycles. The summed E-state index contributed by atoms with van der Waals surface area (Å²) in [6.07, 6.45) is 0. The molecule has 1 aromatic carbocycles. The van der Waals surface area contributed by atoms with Gasteiger partial charge in [-0.25, -0.2) is 9.59 Å². The van der Waals surface area contributed by atoms with Gasteiger partial charge in [-0.15, -0.1) is 11.3 Å².